The van der Waals surface area contributed by atoms with Crippen LogP contribution in [0.3, 0.4) is 0 Å². The minimum absolute atomic E-state index is 0.173. The largest absolute Gasteiger partial charge is 0.374 e. The first-order chi connectivity index (χ1) is 8.86. The van der Waals surface area contributed by atoms with Gasteiger partial charge in [-0.15, -0.1) is 11.3 Å². The number of hydrogen-bond acceptors (Lipinski definition) is 6. The van der Waals surface area contributed by atoms with Crippen molar-refractivity contribution in [3.8, 4) is 0 Å². The van der Waals surface area contributed by atoms with Gasteiger partial charge in [0.2, 0.25) is 0 Å². The molecule has 1 aromatic heterocycles. The van der Waals surface area contributed by atoms with Gasteiger partial charge < -0.3 is 4.74 Å². The third-order valence-corrected chi connectivity index (χ3v) is 4.79. The number of fused-ring (bicyclic) bond motifs is 1. The first-order valence-electron chi connectivity index (χ1n) is 6.56. The summed E-state index contributed by atoms with van der Waals surface area (Å²) in [6, 6.07) is 0.815. The number of morpholine rings is 1. The molecular weight excluding hydrogens is 248 g/mol. The van der Waals surface area contributed by atoms with Crippen LogP contribution in [0.2, 0.25) is 0 Å². The number of ether oxygens (including phenoxy) is 1. The molecule has 0 aromatic carbocycles. The lowest BCUT2D eigenvalue weighted by atomic mass is 10.0. The second-order valence-corrected chi connectivity index (χ2v) is 6.08. The molecule has 6 heteroatoms. The summed E-state index contributed by atoms with van der Waals surface area (Å²) in [7, 11) is 0. The van der Waals surface area contributed by atoms with Gasteiger partial charge >= 0.3 is 0 Å². The molecule has 2 saturated heterocycles. The predicted octanol–water partition coefficient (Wildman–Crippen LogP) is 0.381. The van der Waals surface area contributed by atoms with E-state index < -0.39 is 0 Å². The molecule has 3 unspecified atom stereocenters. The van der Waals surface area contributed by atoms with E-state index in [0.717, 1.165) is 19.6 Å². The molecule has 0 amide bonds. The van der Waals surface area contributed by atoms with Crippen LogP contribution >= 0.6 is 11.3 Å². The highest BCUT2D eigenvalue weighted by Crippen LogP contribution is 2.24. The van der Waals surface area contributed by atoms with E-state index in [-0.39, 0.29) is 12.1 Å². The molecule has 1 aromatic rings. The van der Waals surface area contributed by atoms with Crippen LogP contribution in [0.5, 0.6) is 0 Å². The smallest absolute Gasteiger partial charge is 0.0872 e. The highest BCUT2D eigenvalue weighted by atomic mass is 32.1. The average molecular weight is 268 g/mol. The Balaban J connectivity index is 1.61. The Bertz CT molecular complexity index is 372. The third-order valence-electron chi connectivity index (χ3n) is 3.98. The molecule has 3 N–H and O–H groups in total. The monoisotopic (exact) mass is 268 g/mol. The van der Waals surface area contributed by atoms with Crippen LogP contribution in [0.25, 0.3) is 0 Å². The lowest BCUT2D eigenvalue weighted by Gasteiger charge is -2.38. The lowest BCUT2D eigenvalue weighted by molar-refractivity contribution is -0.0643. The molecule has 2 aliphatic heterocycles. The Morgan fingerprint density at radius 2 is 2.61 bits per heavy atom. The quantitative estimate of drug-likeness (QED) is 0.610. The van der Waals surface area contributed by atoms with Gasteiger partial charge in [0.1, 0.15) is 0 Å². The van der Waals surface area contributed by atoms with Crippen LogP contribution in [-0.2, 0) is 11.2 Å². The Morgan fingerprint density at radius 1 is 1.67 bits per heavy atom. The predicted molar refractivity (Wildman–Crippen MR) is 71.3 cm³/mol. The van der Waals surface area contributed by atoms with Crippen molar-refractivity contribution >= 4 is 11.3 Å². The standard InChI is InChI=1S/C12H20N4OS/c13-15-11(4-10-5-14-8-18-10)12-6-16-3-1-2-9(16)7-17-12/h5,8-9,11-12,15H,1-4,6-7,13H2. The summed E-state index contributed by atoms with van der Waals surface area (Å²) < 4.78 is 5.99. The second kappa shape index (κ2) is 5.63. The van der Waals surface area contributed by atoms with Gasteiger partial charge in [-0.2, -0.15) is 0 Å². The molecule has 0 aliphatic carbocycles. The van der Waals surface area contributed by atoms with Gasteiger partial charge in [-0.1, -0.05) is 0 Å². The van der Waals surface area contributed by atoms with Gasteiger partial charge in [-0.3, -0.25) is 21.2 Å². The van der Waals surface area contributed by atoms with E-state index in [2.05, 4.69) is 15.3 Å². The van der Waals surface area contributed by atoms with Crippen molar-refractivity contribution in [3.63, 3.8) is 0 Å². The van der Waals surface area contributed by atoms with Gasteiger partial charge in [-0.05, 0) is 19.4 Å². The molecular formula is C12H20N4OS. The molecule has 3 heterocycles. The molecule has 0 spiro atoms. The fraction of sp³-hybridized carbons (Fsp3) is 0.750. The molecule has 2 aliphatic rings. The fourth-order valence-corrected chi connectivity index (χ4v) is 3.60. The van der Waals surface area contributed by atoms with Crippen molar-refractivity contribution in [1.29, 1.82) is 0 Å². The van der Waals surface area contributed by atoms with Gasteiger partial charge in [0.05, 0.1) is 24.3 Å². The highest BCUT2D eigenvalue weighted by molar-refractivity contribution is 7.09. The third kappa shape index (κ3) is 2.57. The van der Waals surface area contributed by atoms with Gasteiger partial charge in [0.15, 0.2) is 0 Å². The summed E-state index contributed by atoms with van der Waals surface area (Å²) in [6.07, 6.45) is 5.57. The molecule has 0 bridgehead atoms. The van der Waals surface area contributed by atoms with Crippen molar-refractivity contribution in [1.82, 2.24) is 15.3 Å². The zero-order valence-corrected chi connectivity index (χ0v) is 11.2. The van der Waals surface area contributed by atoms with Crippen LogP contribution in [0.1, 0.15) is 17.7 Å². The molecule has 5 nitrogen and oxygen atoms in total. The Morgan fingerprint density at radius 3 is 3.39 bits per heavy atom. The molecule has 3 rings (SSSR count). The van der Waals surface area contributed by atoms with Crippen LogP contribution in [-0.4, -0.2) is 47.8 Å². The SMILES string of the molecule is NNC(Cc1cncs1)C1CN2CCCC2CO1. The Kier molecular flexibility index (Phi) is 3.91. The number of rotatable bonds is 4. The van der Waals surface area contributed by atoms with E-state index in [4.69, 9.17) is 10.6 Å². The molecule has 100 valence electrons. The second-order valence-electron chi connectivity index (χ2n) is 5.11. The number of hydrazine groups is 1. The zero-order valence-electron chi connectivity index (χ0n) is 10.4. The van der Waals surface area contributed by atoms with Crippen molar-refractivity contribution in [2.24, 2.45) is 5.84 Å². The topological polar surface area (TPSA) is 63.4 Å². The minimum Gasteiger partial charge on any atom is -0.374 e. The Labute approximate surface area is 111 Å². The van der Waals surface area contributed by atoms with E-state index in [0.29, 0.717) is 6.04 Å². The summed E-state index contributed by atoms with van der Waals surface area (Å²) in [5.74, 6) is 5.69. The lowest BCUT2D eigenvalue weighted by Crippen LogP contribution is -2.56. The van der Waals surface area contributed by atoms with Crippen LogP contribution in [0.15, 0.2) is 11.7 Å². The summed E-state index contributed by atoms with van der Waals surface area (Å²) in [5.41, 5.74) is 4.78. The molecule has 0 radical (unpaired) electrons. The maximum atomic E-state index is 5.99. The van der Waals surface area contributed by atoms with Crippen molar-refractivity contribution in [3.05, 3.63) is 16.6 Å². The average Bonchev–Trinajstić information content (AvgIpc) is 3.06. The first-order valence-corrected chi connectivity index (χ1v) is 7.44. The van der Waals surface area contributed by atoms with E-state index in [1.165, 1.54) is 24.3 Å². The van der Waals surface area contributed by atoms with Crippen LogP contribution in [0.4, 0.5) is 0 Å². The number of nitrogens with two attached hydrogens (primary N) is 1. The summed E-state index contributed by atoms with van der Waals surface area (Å²) >= 11 is 1.67. The van der Waals surface area contributed by atoms with Gasteiger partial charge in [-0.25, -0.2) is 0 Å². The zero-order chi connectivity index (χ0) is 12.4. The van der Waals surface area contributed by atoms with Gasteiger partial charge in [0.25, 0.3) is 0 Å². The molecule has 3 atom stereocenters. The van der Waals surface area contributed by atoms with E-state index in [1.807, 2.05) is 11.7 Å². The van der Waals surface area contributed by atoms with Crippen molar-refractivity contribution < 1.29 is 4.74 Å². The Hall–Kier alpha value is -0.530. The van der Waals surface area contributed by atoms with E-state index in [1.54, 1.807) is 11.3 Å². The maximum absolute atomic E-state index is 5.99. The molecule has 0 saturated carbocycles. The fourth-order valence-electron chi connectivity index (χ4n) is 2.94. The molecule has 2 fully saturated rings. The number of aromatic nitrogens is 1. The summed E-state index contributed by atoms with van der Waals surface area (Å²) in [4.78, 5) is 7.91. The van der Waals surface area contributed by atoms with Crippen molar-refractivity contribution in [2.45, 2.75) is 37.5 Å². The maximum Gasteiger partial charge on any atom is 0.0872 e. The van der Waals surface area contributed by atoms with Crippen LogP contribution in [0, 0.1) is 0 Å². The number of hydrogen-bond donors (Lipinski definition) is 2. The van der Waals surface area contributed by atoms with Gasteiger partial charge in [0, 0.05) is 30.1 Å². The normalized spacial score (nSPS) is 30.3. The van der Waals surface area contributed by atoms with Crippen LogP contribution < -0.4 is 11.3 Å². The van der Waals surface area contributed by atoms with Crippen molar-refractivity contribution in [2.75, 3.05) is 19.7 Å². The number of thiazole rings is 1. The minimum atomic E-state index is 0.173. The highest BCUT2D eigenvalue weighted by Gasteiger charge is 2.35. The van der Waals surface area contributed by atoms with E-state index in [9.17, 15) is 0 Å². The summed E-state index contributed by atoms with van der Waals surface area (Å²) in [5, 5.41) is 0. The number of nitrogens with one attached hydrogen (secondary N) is 1. The molecule has 18 heavy (non-hydrogen) atoms. The van der Waals surface area contributed by atoms with E-state index >= 15 is 0 Å². The first kappa shape index (κ1) is 12.5. The number of nitrogens with zero attached hydrogens (tertiary/aromatic N) is 2. The summed E-state index contributed by atoms with van der Waals surface area (Å²) in [6.45, 7) is 3.06.